The average Bonchev–Trinajstić information content (AvgIpc) is 3.42. The van der Waals surface area contributed by atoms with Gasteiger partial charge in [-0.15, -0.1) is 0 Å². The highest BCUT2D eigenvalue weighted by Gasteiger charge is 2.24. The Morgan fingerprint density at radius 1 is 0.303 bits per heavy atom. The molecule has 0 spiro atoms. The van der Waals surface area contributed by atoms with Crippen LogP contribution in [-0.4, -0.2) is 20.4 Å². The highest BCUT2D eigenvalue weighted by molar-refractivity contribution is 9.11. The van der Waals surface area contributed by atoms with Crippen molar-refractivity contribution in [2.45, 2.75) is 25.7 Å². The van der Waals surface area contributed by atoms with Crippen LogP contribution in [0.25, 0.3) is 46.6 Å². The number of rotatable bonds is 8. The van der Waals surface area contributed by atoms with Crippen LogP contribution >= 0.6 is 63.7 Å². The Kier molecular flexibility index (Phi) is 16.0. The van der Waals surface area contributed by atoms with E-state index in [9.17, 15) is 41.5 Å². The van der Waals surface area contributed by atoms with Crippen LogP contribution in [0.4, 0.5) is 0 Å². The number of benzene rings is 8. The highest BCUT2D eigenvalue weighted by atomic mass is 79.9. The summed E-state index contributed by atoms with van der Waals surface area (Å²) in [6.07, 6.45) is 6.59. The van der Waals surface area contributed by atoms with E-state index < -0.39 is 0 Å². The maximum Gasteiger partial charge on any atom is 0.122 e. The molecule has 1 aliphatic carbocycles. The number of hydrogen-bond acceptors (Lipinski definition) is 8. The smallest absolute Gasteiger partial charge is 0.122 e. The SMILES string of the molecule is N#C/C(=C\c1ccc(Br)cc1)c1cc2c(O)c(c1)Cc1cc(/C(C#N)=C/c3ccc(Br)cc3)cc(c1O)Cc1cc(/C(C#N)=C/c3ccc(Br)cc3)cc(c1O)Cc1cc(/C(C#N)=C/c3ccc(Br)cc3)cc(c1O)C2. The van der Waals surface area contributed by atoms with Gasteiger partial charge in [0.05, 0.1) is 46.6 Å². The van der Waals surface area contributed by atoms with Crippen LogP contribution in [0.5, 0.6) is 23.0 Å². The zero-order valence-corrected chi connectivity index (χ0v) is 46.4. The Balaban J connectivity index is 1.33. The molecule has 9 rings (SSSR count). The highest BCUT2D eigenvalue weighted by Crippen LogP contribution is 2.42. The molecule has 0 aliphatic heterocycles. The summed E-state index contributed by atoms with van der Waals surface area (Å²) >= 11 is 13.9. The zero-order chi connectivity index (χ0) is 53.6. The predicted molar refractivity (Wildman–Crippen MR) is 314 cm³/mol. The first-order valence-corrected chi connectivity index (χ1v) is 26.8. The van der Waals surface area contributed by atoms with Gasteiger partial charge < -0.3 is 20.4 Å². The van der Waals surface area contributed by atoms with Crippen LogP contribution in [0.15, 0.2) is 163 Å². The number of phenols is 4. The van der Waals surface area contributed by atoms with Gasteiger partial charge in [-0.05, 0) is 210 Å². The van der Waals surface area contributed by atoms with Crippen molar-refractivity contribution in [3.63, 3.8) is 0 Å². The minimum atomic E-state index is -0.152. The monoisotopic (exact) mass is 1240 g/mol. The van der Waals surface area contributed by atoms with Crippen molar-refractivity contribution in [2.24, 2.45) is 0 Å². The van der Waals surface area contributed by atoms with E-state index in [0.717, 1.165) is 40.1 Å². The fourth-order valence-corrected chi connectivity index (χ4v) is 10.2. The Morgan fingerprint density at radius 3 is 0.605 bits per heavy atom. The Labute approximate surface area is 473 Å². The molecule has 12 heteroatoms. The number of aromatic hydroxyl groups is 4. The van der Waals surface area contributed by atoms with E-state index in [-0.39, 0.29) is 71.0 Å². The van der Waals surface area contributed by atoms with E-state index in [4.69, 9.17) is 0 Å². The van der Waals surface area contributed by atoms with Crippen molar-refractivity contribution in [3.8, 4) is 47.3 Å². The summed E-state index contributed by atoms with van der Waals surface area (Å²) in [6, 6.07) is 52.8. The van der Waals surface area contributed by atoms with Gasteiger partial charge in [0, 0.05) is 43.6 Å². The average molecular weight is 1250 g/mol. The fraction of sp³-hybridized carbons (Fsp3) is 0.0625. The lowest BCUT2D eigenvalue weighted by atomic mass is 9.86. The second kappa shape index (κ2) is 23.1. The van der Waals surface area contributed by atoms with Crippen molar-refractivity contribution in [2.75, 3.05) is 0 Å². The lowest BCUT2D eigenvalue weighted by molar-refractivity contribution is 0.450. The van der Waals surface area contributed by atoms with Gasteiger partial charge in [0.1, 0.15) is 23.0 Å². The van der Waals surface area contributed by atoms with Crippen LogP contribution in [0.1, 0.15) is 89.0 Å². The molecule has 1 aliphatic rings. The molecule has 8 aromatic carbocycles. The molecule has 0 saturated carbocycles. The van der Waals surface area contributed by atoms with Crippen molar-refractivity contribution in [1.29, 1.82) is 21.0 Å². The van der Waals surface area contributed by atoms with Gasteiger partial charge in [-0.1, -0.05) is 112 Å². The Bertz CT molecular complexity index is 3320. The minimum Gasteiger partial charge on any atom is -0.507 e. The lowest BCUT2D eigenvalue weighted by Crippen LogP contribution is -2.04. The maximum absolute atomic E-state index is 12.5. The van der Waals surface area contributed by atoms with Crippen molar-refractivity contribution < 1.29 is 20.4 Å². The van der Waals surface area contributed by atoms with E-state index in [1.54, 1.807) is 72.8 Å². The van der Waals surface area contributed by atoms with Gasteiger partial charge >= 0.3 is 0 Å². The third kappa shape index (κ3) is 12.0. The lowest BCUT2D eigenvalue weighted by Gasteiger charge is -2.20. The first-order chi connectivity index (χ1) is 36.7. The third-order valence-corrected chi connectivity index (χ3v) is 15.2. The molecule has 368 valence electrons. The van der Waals surface area contributed by atoms with Gasteiger partial charge in [0.2, 0.25) is 0 Å². The van der Waals surface area contributed by atoms with Gasteiger partial charge in [0.15, 0.2) is 0 Å². The van der Waals surface area contributed by atoms with Gasteiger partial charge in [0.25, 0.3) is 0 Å². The van der Waals surface area contributed by atoms with Crippen molar-refractivity contribution >= 4 is 110 Å². The molecule has 0 amide bonds. The van der Waals surface area contributed by atoms with Gasteiger partial charge in [-0.2, -0.15) is 21.0 Å². The molecular weight excluding hydrogens is 1210 g/mol. The second-order valence-corrected chi connectivity index (χ2v) is 21.8. The fourth-order valence-electron chi connectivity index (χ4n) is 9.18. The molecule has 76 heavy (non-hydrogen) atoms. The summed E-state index contributed by atoms with van der Waals surface area (Å²) in [5.41, 5.74) is 8.59. The number of halogens is 4. The molecular formula is C64H40Br4N4O4. The molecule has 0 unspecified atom stereocenters. The molecule has 8 aromatic rings. The predicted octanol–water partition coefficient (Wildman–Crippen LogP) is 16.5. The van der Waals surface area contributed by atoms with Crippen molar-refractivity contribution in [1.82, 2.24) is 0 Å². The summed E-state index contributed by atoms with van der Waals surface area (Å²) in [4.78, 5) is 0. The molecule has 4 N–H and O–H groups in total. The van der Waals surface area contributed by atoms with E-state index in [2.05, 4.69) is 88.0 Å². The molecule has 0 heterocycles. The zero-order valence-electron chi connectivity index (χ0n) is 40.1. The number of hydrogen-bond donors (Lipinski definition) is 4. The molecule has 0 radical (unpaired) electrons. The van der Waals surface area contributed by atoms with Crippen LogP contribution in [-0.2, 0) is 25.7 Å². The van der Waals surface area contributed by atoms with E-state index >= 15 is 0 Å². The van der Waals surface area contributed by atoms with Crippen LogP contribution < -0.4 is 0 Å². The normalized spacial score (nSPS) is 12.7. The quantitative estimate of drug-likeness (QED) is 0.0858. The van der Waals surface area contributed by atoms with Crippen LogP contribution in [0, 0.1) is 45.3 Å². The largest absolute Gasteiger partial charge is 0.507 e. The summed E-state index contributed by atoms with van der Waals surface area (Å²) in [7, 11) is 0. The first kappa shape index (κ1) is 52.7. The third-order valence-electron chi connectivity index (χ3n) is 13.0. The summed E-state index contributed by atoms with van der Waals surface area (Å²) in [5.74, 6) is -0.610. The maximum atomic E-state index is 12.5. The van der Waals surface area contributed by atoms with E-state index in [1.165, 1.54) is 0 Å². The molecule has 0 fully saturated rings. The van der Waals surface area contributed by atoms with E-state index in [1.807, 2.05) is 97.1 Å². The number of nitriles is 4. The minimum absolute atomic E-state index is 0.0924. The molecule has 0 aromatic heterocycles. The van der Waals surface area contributed by atoms with Gasteiger partial charge in [-0.3, -0.25) is 0 Å². The standard InChI is InChI=1S/C64H40Br4N4O4/c65-57-9-1-37(2-10-57)17-53(33-69)41-21-45-29-47-23-42(54(34-70)18-38-3-11-58(66)12-4-38)25-49(62(47)74)31-51-27-44(56(36-72)20-40-7-15-60(68)16-8-40)28-52(64(51)76)32-50-26-43(24-48(63(50)75)30-46(22-41)61(45)73)55(35-71)19-39-5-13-59(67)14-6-39/h1-28,73-76H,29-32H2/b53-17+,54-18+,55-19+,56-20+. The Hall–Kier alpha value is -8.20. The molecule has 0 saturated heterocycles. The summed E-state index contributed by atoms with van der Waals surface area (Å²) in [6.45, 7) is 0. The number of phenolic OH excluding ortho intramolecular Hbond substituents is 4. The topological polar surface area (TPSA) is 176 Å². The summed E-state index contributed by atoms with van der Waals surface area (Å²) in [5, 5.41) is 92.9. The number of allylic oxidation sites excluding steroid dienone is 4. The molecule has 8 bridgehead atoms. The van der Waals surface area contributed by atoms with Crippen LogP contribution in [0.3, 0.4) is 0 Å². The Morgan fingerprint density at radius 2 is 0.461 bits per heavy atom. The number of nitrogens with zero attached hydrogens (tertiary/aromatic N) is 4. The van der Waals surface area contributed by atoms with Gasteiger partial charge in [-0.25, -0.2) is 0 Å². The van der Waals surface area contributed by atoms with Crippen molar-refractivity contribution in [3.05, 3.63) is 252 Å². The number of fused-ring (bicyclic) bond motifs is 8. The second-order valence-electron chi connectivity index (χ2n) is 18.2. The summed E-state index contributed by atoms with van der Waals surface area (Å²) < 4.78 is 3.45. The van der Waals surface area contributed by atoms with Crippen LogP contribution in [0.2, 0.25) is 0 Å². The first-order valence-electron chi connectivity index (χ1n) is 23.6. The molecule has 8 nitrogen and oxygen atoms in total. The molecule has 0 atom stereocenters. The van der Waals surface area contributed by atoms with E-state index in [0.29, 0.717) is 66.8 Å².